The lowest BCUT2D eigenvalue weighted by molar-refractivity contribution is -0.132. The van der Waals surface area contributed by atoms with Crippen LogP contribution in [0.4, 0.5) is 0 Å². The van der Waals surface area contributed by atoms with Crippen LogP contribution < -0.4 is 0 Å². The van der Waals surface area contributed by atoms with Crippen molar-refractivity contribution in [2.24, 2.45) is 5.92 Å². The predicted molar refractivity (Wildman–Crippen MR) is 113 cm³/mol. The molecule has 2 aliphatic heterocycles. The van der Waals surface area contributed by atoms with Crippen LogP contribution in [0.5, 0.6) is 0 Å². The molecule has 1 unspecified atom stereocenters. The van der Waals surface area contributed by atoms with Crippen LogP contribution in [0, 0.1) is 12.8 Å². The second-order valence-corrected chi connectivity index (χ2v) is 8.77. The van der Waals surface area contributed by atoms with Crippen LogP contribution in [0.25, 0.3) is 0 Å². The average Bonchev–Trinajstić information content (AvgIpc) is 2.69. The lowest BCUT2D eigenvalue weighted by atomic mass is 9.96. The number of carbonyl (C=O) groups excluding carboxylic acids is 1. The quantitative estimate of drug-likeness (QED) is 0.779. The summed E-state index contributed by atoms with van der Waals surface area (Å²) in [5.41, 5.74) is 2.83. The minimum atomic E-state index is -0.183. The molecule has 1 amide bonds. The van der Waals surface area contributed by atoms with Gasteiger partial charge in [-0.3, -0.25) is 9.69 Å². The third kappa shape index (κ3) is 6.29. The van der Waals surface area contributed by atoms with Gasteiger partial charge in [-0.1, -0.05) is 24.3 Å². The number of carbonyl (C=O) groups is 1. The SMILES string of the molecule is Cc1ccccc1CCN1CCCC(CN(C)C(=O)CN2CCC(O)CC2)C1. The molecule has 1 N–H and O–H groups in total. The molecule has 2 heterocycles. The van der Waals surface area contributed by atoms with E-state index in [9.17, 15) is 9.90 Å². The highest BCUT2D eigenvalue weighted by Crippen LogP contribution is 2.19. The van der Waals surface area contributed by atoms with Crippen molar-refractivity contribution in [3.05, 3.63) is 35.4 Å². The molecule has 0 aliphatic carbocycles. The third-order valence-electron chi connectivity index (χ3n) is 6.44. The molecule has 1 atom stereocenters. The maximum Gasteiger partial charge on any atom is 0.236 e. The van der Waals surface area contributed by atoms with Crippen molar-refractivity contribution in [3.8, 4) is 0 Å². The Balaban J connectivity index is 1.41. The highest BCUT2D eigenvalue weighted by atomic mass is 16.3. The van der Waals surface area contributed by atoms with E-state index < -0.39 is 0 Å². The Bertz CT molecular complexity index is 628. The first-order valence-electron chi connectivity index (χ1n) is 10.9. The van der Waals surface area contributed by atoms with Crippen molar-refractivity contribution >= 4 is 5.91 Å². The Morgan fingerprint density at radius 1 is 1.14 bits per heavy atom. The first kappa shape index (κ1) is 21.3. The van der Waals surface area contributed by atoms with Gasteiger partial charge in [-0.25, -0.2) is 0 Å². The smallest absolute Gasteiger partial charge is 0.236 e. The van der Waals surface area contributed by atoms with E-state index in [-0.39, 0.29) is 12.0 Å². The van der Waals surface area contributed by atoms with Crippen LogP contribution >= 0.6 is 0 Å². The van der Waals surface area contributed by atoms with Gasteiger partial charge in [-0.2, -0.15) is 0 Å². The van der Waals surface area contributed by atoms with E-state index in [0.717, 1.165) is 52.0 Å². The fourth-order valence-corrected chi connectivity index (χ4v) is 4.55. The lowest BCUT2D eigenvalue weighted by Gasteiger charge is -2.35. The summed E-state index contributed by atoms with van der Waals surface area (Å²) in [6.07, 6.45) is 4.94. The number of amides is 1. The van der Waals surface area contributed by atoms with Crippen molar-refractivity contribution < 1.29 is 9.90 Å². The normalized spacial score (nSPS) is 22.3. The Morgan fingerprint density at radius 2 is 1.89 bits per heavy atom. The zero-order valence-corrected chi connectivity index (χ0v) is 17.6. The van der Waals surface area contributed by atoms with Gasteiger partial charge in [0.15, 0.2) is 0 Å². The topological polar surface area (TPSA) is 47.0 Å². The first-order chi connectivity index (χ1) is 13.5. The Kier molecular flexibility index (Phi) is 7.89. The zero-order chi connectivity index (χ0) is 19.9. The molecule has 1 aromatic rings. The fourth-order valence-electron chi connectivity index (χ4n) is 4.55. The Labute approximate surface area is 170 Å². The summed E-state index contributed by atoms with van der Waals surface area (Å²) in [5, 5.41) is 9.62. The minimum Gasteiger partial charge on any atom is -0.393 e. The van der Waals surface area contributed by atoms with Crippen LogP contribution in [0.3, 0.4) is 0 Å². The number of nitrogens with zero attached hydrogens (tertiary/aromatic N) is 3. The van der Waals surface area contributed by atoms with Gasteiger partial charge in [0.25, 0.3) is 0 Å². The highest BCUT2D eigenvalue weighted by molar-refractivity contribution is 5.78. The standard InChI is InChI=1S/C23H37N3O2/c1-19-6-3-4-8-21(19)9-13-25-12-5-7-20(17-25)16-24(2)23(28)18-26-14-10-22(27)11-15-26/h3-4,6,8,20,22,27H,5,7,9-18H2,1-2H3. The number of benzene rings is 1. The van der Waals surface area contributed by atoms with Crippen molar-refractivity contribution in [1.29, 1.82) is 0 Å². The van der Waals surface area contributed by atoms with E-state index in [1.165, 1.54) is 30.5 Å². The van der Waals surface area contributed by atoms with Crippen molar-refractivity contribution in [2.75, 3.05) is 52.9 Å². The monoisotopic (exact) mass is 387 g/mol. The molecule has 0 spiro atoms. The van der Waals surface area contributed by atoms with Gasteiger partial charge >= 0.3 is 0 Å². The summed E-state index contributed by atoms with van der Waals surface area (Å²) < 4.78 is 0. The third-order valence-corrected chi connectivity index (χ3v) is 6.44. The molecule has 2 aliphatic rings. The molecule has 5 nitrogen and oxygen atoms in total. The molecule has 156 valence electrons. The number of hydrogen-bond donors (Lipinski definition) is 1. The van der Waals surface area contributed by atoms with E-state index in [4.69, 9.17) is 0 Å². The summed E-state index contributed by atoms with van der Waals surface area (Å²) in [6.45, 7) is 8.58. The molecular weight excluding hydrogens is 350 g/mol. The second-order valence-electron chi connectivity index (χ2n) is 8.77. The van der Waals surface area contributed by atoms with Crippen LogP contribution in [0.2, 0.25) is 0 Å². The Morgan fingerprint density at radius 3 is 2.64 bits per heavy atom. The molecule has 2 saturated heterocycles. The summed E-state index contributed by atoms with van der Waals surface area (Å²) in [5.74, 6) is 0.788. The van der Waals surface area contributed by atoms with Crippen molar-refractivity contribution in [2.45, 2.75) is 45.1 Å². The summed E-state index contributed by atoms with van der Waals surface area (Å²) in [6, 6.07) is 8.67. The fraction of sp³-hybridized carbons (Fsp3) is 0.696. The number of aliphatic hydroxyl groups excluding tert-OH is 1. The van der Waals surface area contributed by atoms with E-state index in [1.807, 2.05) is 11.9 Å². The maximum absolute atomic E-state index is 12.6. The highest BCUT2D eigenvalue weighted by Gasteiger charge is 2.24. The lowest BCUT2D eigenvalue weighted by Crippen LogP contribution is -2.46. The number of hydrogen-bond acceptors (Lipinski definition) is 4. The maximum atomic E-state index is 12.6. The largest absolute Gasteiger partial charge is 0.393 e. The average molecular weight is 388 g/mol. The Hall–Kier alpha value is -1.43. The molecule has 1 aromatic carbocycles. The molecule has 0 aromatic heterocycles. The molecular formula is C23H37N3O2. The zero-order valence-electron chi connectivity index (χ0n) is 17.6. The van der Waals surface area contributed by atoms with Crippen LogP contribution in [-0.2, 0) is 11.2 Å². The van der Waals surface area contributed by atoms with E-state index in [1.54, 1.807) is 0 Å². The van der Waals surface area contributed by atoms with Gasteiger partial charge in [0.1, 0.15) is 0 Å². The van der Waals surface area contributed by atoms with E-state index in [2.05, 4.69) is 41.0 Å². The summed E-state index contributed by atoms with van der Waals surface area (Å²) in [7, 11) is 1.95. The molecule has 0 saturated carbocycles. The molecule has 28 heavy (non-hydrogen) atoms. The summed E-state index contributed by atoms with van der Waals surface area (Å²) >= 11 is 0. The molecule has 0 bridgehead atoms. The van der Waals surface area contributed by atoms with E-state index in [0.29, 0.717) is 12.5 Å². The van der Waals surface area contributed by atoms with Gasteiger partial charge in [0.2, 0.25) is 5.91 Å². The van der Waals surface area contributed by atoms with Gasteiger partial charge in [0, 0.05) is 39.8 Å². The number of rotatable bonds is 7. The van der Waals surface area contributed by atoms with Crippen molar-refractivity contribution in [1.82, 2.24) is 14.7 Å². The molecule has 5 heteroatoms. The van der Waals surface area contributed by atoms with Gasteiger partial charge in [0.05, 0.1) is 12.6 Å². The minimum absolute atomic E-state index is 0.183. The second kappa shape index (κ2) is 10.4. The first-order valence-corrected chi connectivity index (χ1v) is 10.9. The number of likely N-dealkylation sites (N-methyl/N-ethyl adjacent to an activating group) is 1. The van der Waals surface area contributed by atoms with Crippen LogP contribution in [0.15, 0.2) is 24.3 Å². The molecule has 3 rings (SSSR count). The number of likely N-dealkylation sites (tertiary alicyclic amines) is 2. The van der Waals surface area contributed by atoms with Gasteiger partial charge in [-0.05, 0) is 62.6 Å². The van der Waals surface area contributed by atoms with Gasteiger partial charge < -0.3 is 14.9 Å². The summed E-state index contributed by atoms with van der Waals surface area (Å²) in [4.78, 5) is 19.3. The molecule has 2 fully saturated rings. The van der Waals surface area contributed by atoms with Gasteiger partial charge in [-0.15, -0.1) is 0 Å². The number of aliphatic hydroxyl groups is 1. The van der Waals surface area contributed by atoms with Crippen molar-refractivity contribution in [3.63, 3.8) is 0 Å². The van der Waals surface area contributed by atoms with Crippen LogP contribution in [0.1, 0.15) is 36.8 Å². The van der Waals surface area contributed by atoms with E-state index >= 15 is 0 Å². The predicted octanol–water partition coefficient (Wildman–Crippen LogP) is 2.16. The number of aryl methyl sites for hydroxylation is 1. The van der Waals surface area contributed by atoms with Crippen LogP contribution in [-0.4, -0.2) is 84.7 Å². The molecule has 0 radical (unpaired) electrons. The number of piperidine rings is 2.